The summed E-state index contributed by atoms with van der Waals surface area (Å²) >= 11 is 1.76. The molecule has 3 rings (SSSR count). The van der Waals surface area contributed by atoms with Crippen molar-refractivity contribution in [1.82, 2.24) is 0 Å². The summed E-state index contributed by atoms with van der Waals surface area (Å²) in [6, 6.07) is 12.3. The largest absolute Gasteiger partial charge is 0.491 e. The van der Waals surface area contributed by atoms with Crippen LogP contribution in [0.25, 0.3) is 0 Å². The lowest BCUT2D eigenvalue weighted by molar-refractivity contribution is 0.0680. The molecule has 1 aromatic heterocycles. The van der Waals surface area contributed by atoms with Crippen molar-refractivity contribution in [3.63, 3.8) is 0 Å². The van der Waals surface area contributed by atoms with Crippen molar-refractivity contribution >= 4 is 17.0 Å². The van der Waals surface area contributed by atoms with E-state index in [0.717, 1.165) is 37.4 Å². The second kappa shape index (κ2) is 6.77. The number of anilines is 1. The molecule has 1 saturated heterocycles. The maximum Gasteiger partial charge on any atom is 0.121 e. The van der Waals surface area contributed by atoms with Gasteiger partial charge in [-0.15, -0.1) is 11.3 Å². The lowest BCUT2D eigenvalue weighted by atomic mass is 10.2. The second-order valence-corrected chi connectivity index (χ2v) is 5.94. The molecule has 0 aliphatic carbocycles. The molecule has 1 aliphatic heterocycles. The van der Waals surface area contributed by atoms with Gasteiger partial charge in [0.05, 0.1) is 6.10 Å². The van der Waals surface area contributed by atoms with Crippen LogP contribution in [0.4, 0.5) is 5.69 Å². The third-order valence-electron chi connectivity index (χ3n) is 3.34. The summed E-state index contributed by atoms with van der Waals surface area (Å²) in [7, 11) is 0. The minimum Gasteiger partial charge on any atom is -0.491 e. The lowest BCUT2D eigenvalue weighted by Gasteiger charge is -2.12. The van der Waals surface area contributed by atoms with Gasteiger partial charge in [-0.2, -0.15) is 0 Å². The van der Waals surface area contributed by atoms with Crippen molar-refractivity contribution in [3.8, 4) is 5.75 Å². The third-order valence-corrected chi connectivity index (χ3v) is 4.22. The molecule has 3 nitrogen and oxygen atoms in total. The highest BCUT2D eigenvalue weighted by atomic mass is 32.1. The van der Waals surface area contributed by atoms with E-state index in [1.807, 2.05) is 18.2 Å². The van der Waals surface area contributed by atoms with E-state index in [4.69, 9.17) is 9.47 Å². The van der Waals surface area contributed by atoms with Gasteiger partial charge in [0, 0.05) is 29.8 Å². The molecular weight excluding hydrogens is 270 g/mol. The smallest absolute Gasteiger partial charge is 0.121 e. The van der Waals surface area contributed by atoms with Gasteiger partial charge in [-0.3, -0.25) is 0 Å². The number of ether oxygens (including phenoxy) is 2. The van der Waals surface area contributed by atoms with Gasteiger partial charge in [0.25, 0.3) is 0 Å². The Labute approximate surface area is 123 Å². The molecule has 1 unspecified atom stereocenters. The van der Waals surface area contributed by atoms with Crippen molar-refractivity contribution in [1.29, 1.82) is 0 Å². The van der Waals surface area contributed by atoms with Gasteiger partial charge in [0.1, 0.15) is 12.4 Å². The van der Waals surface area contributed by atoms with Crippen LogP contribution in [0, 0.1) is 0 Å². The molecule has 20 heavy (non-hydrogen) atoms. The van der Waals surface area contributed by atoms with Crippen LogP contribution >= 0.6 is 11.3 Å². The van der Waals surface area contributed by atoms with Crippen LogP contribution in [0.15, 0.2) is 41.8 Å². The minimum atomic E-state index is 0.262. The molecule has 0 radical (unpaired) electrons. The number of rotatable bonds is 6. The zero-order valence-electron chi connectivity index (χ0n) is 11.4. The summed E-state index contributed by atoms with van der Waals surface area (Å²) in [5.41, 5.74) is 1.09. The molecule has 0 saturated carbocycles. The van der Waals surface area contributed by atoms with Crippen LogP contribution in [0.5, 0.6) is 5.75 Å². The third kappa shape index (κ3) is 3.74. The molecule has 1 N–H and O–H groups in total. The predicted octanol–water partition coefficient (Wildman–Crippen LogP) is 3.92. The van der Waals surface area contributed by atoms with Crippen LogP contribution in [-0.2, 0) is 11.3 Å². The van der Waals surface area contributed by atoms with Gasteiger partial charge in [-0.25, -0.2) is 0 Å². The van der Waals surface area contributed by atoms with Crippen molar-refractivity contribution in [2.24, 2.45) is 0 Å². The topological polar surface area (TPSA) is 30.5 Å². The number of thiophene rings is 1. The maximum atomic E-state index is 5.81. The molecule has 2 aromatic rings. The first-order chi connectivity index (χ1) is 9.90. The summed E-state index contributed by atoms with van der Waals surface area (Å²) in [5, 5.41) is 5.51. The van der Waals surface area contributed by atoms with E-state index in [-0.39, 0.29) is 6.10 Å². The molecule has 106 valence electrons. The Balaban J connectivity index is 1.52. The molecule has 1 aromatic carbocycles. The first kappa shape index (κ1) is 13.5. The molecule has 1 aliphatic rings. The first-order valence-electron chi connectivity index (χ1n) is 7.01. The van der Waals surface area contributed by atoms with E-state index in [2.05, 4.69) is 28.9 Å². The second-order valence-electron chi connectivity index (χ2n) is 4.91. The molecule has 0 spiro atoms. The van der Waals surface area contributed by atoms with Crippen LogP contribution in [-0.4, -0.2) is 19.3 Å². The van der Waals surface area contributed by atoms with Crippen molar-refractivity contribution in [2.75, 3.05) is 18.5 Å². The number of benzene rings is 1. The van der Waals surface area contributed by atoms with Gasteiger partial charge in [0.15, 0.2) is 0 Å². The minimum absolute atomic E-state index is 0.262. The predicted molar refractivity (Wildman–Crippen MR) is 82.6 cm³/mol. The summed E-state index contributed by atoms with van der Waals surface area (Å²) in [6.45, 7) is 2.37. The Morgan fingerprint density at radius 3 is 3.10 bits per heavy atom. The highest BCUT2D eigenvalue weighted by Crippen LogP contribution is 2.20. The average molecular weight is 289 g/mol. The van der Waals surface area contributed by atoms with Crippen LogP contribution in [0.2, 0.25) is 0 Å². The van der Waals surface area contributed by atoms with Gasteiger partial charge in [-0.05, 0) is 36.4 Å². The van der Waals surface area contributed by atoms with Gasteiger partial charge >= 0.3 is 0 Å². The summed E-state index contributed by atoms with van der Waals surface area (Å²) < 4.78 is 11.4. The number of hydrogen-bond acceptors (Lipinski definition) is 4. The fourth-order valence-corrected chi connectivity index (χ4v) is 2.91. The van der Waals surface area contributed by atoms with Crippen molar-refractivity contribution in [2.45, 2.75) is 25.5 Å². The molecular formula is C16H19NO2S. The van der Waals surface area contributed by atoms with E-state index in [9.17, 15) is 0 Å². The zero-order valence-corrected chi connectivity index (χ0v) is 12.2. The van der Waals surface area contributed by atoms with E-state index >= 15 is 0 Å². The van der Waals surface area contributed by atoms with E-state index < -0.39 is 0 Å². The SMILES string of the molecule is c1cc(NCc2cccs2)cc(OCC2CCCO2)c1. The summed E-state index contributed by atoms with van der Waals surface area (Å²) in [5.74, 6) is 0.900. The Morgan fingerprint density at radius 1 is 1.30 bits per heavy atom. The number of nitrogens with one attached hydrogen (secondary N) is 1. The molecule has 4 heteroatoms. The van der Waals surface area contributed by atoms with Crippen LogP contribution in [0.1, 0.15) is 17.7 Å². The van der Waals surface area contributed by atoms with Crippen molar-refractivity contribution < 1.29 is 9.47 Å². The fraction of sp³-hybridized carbons (Fsp3) is 0.375. The van der Waals surface area contributed by atoms with Gasteiger partial charge in [0.2, 0.25) is 0 Å². The van der Waals surface area contributed by atoms with Gasteiger partial charge in [-0.1, -0.05) is 12.1 Å². The Bertz CT molecular complexity index is 521. The molecule has 0 amide bonds. The van der Waals surface area contributed by atoms with Gasteiger partial charge < -0.3 is 14.8 Å². The lowest BCUT2D eigenvalue weighted by Crippen LogP contribution is -2.16. The first-order valence-corrected chi connectivity index (χ1v) is 7.89. The molecule has 1 fully saturated rings. The molecule has 1 atom stereocenters. The summed E-state index contributed by atoms with van der Waals surface area (Å²) in [4.78, 5) is 1.33. The van der Waals surface area contributed by atoms with Crippen LogP contribution in [0.3, 0.4) is 0 Å². The quantitative estimate of drug-likeness (QED) is 0.874. The normalized spacial score (nSPS) is 18.1. The van der Waals surface area contributed by atoms with E-state index in [1.165, 1.54) is 4.88 Å². The fourth-order valence-electron chi connectivity index (χ4n) is 2.26. The Hall–Kier alpha value is -1.52. The number of hydrogen-bond donors (Lipinski definition) is 1. The Morgan fingerprint density at radius 2 is 2.30 bits per heavy atom. The van der Waals surface area contributed by atoms with E-state index in [1.54, 1.807) is 11.3 Å². The molecule has 2 heterocycles. The standard InChI is InChI=1S/C16H19NO2S/c1-4-13(17-11-16-7-3-9-20-16)10-14(5-1)19-12-15-6-2-8-18-15/h1,3-5,7,9-10,15,17H,2,6,8,11-12H2. The maximum absolute atomic E-state index is 5.81. The van der Waals surface area contributed by atoms with E-state index in [0.29, 0.717) is 6.61 Å². The highest BCUT2D eigenvalue weighted by molar-refractivity contribution is 7.09. The Kier molecular flexibility index (Phi) is 4.56. The van der Waals surface area contributed by atoms with Crippen LogP contribution < -0.4 is 10.1 Å². The monoisotopic (exact) mass is 289 g/mol. The average Bonchev–Trinajstić information content (AvgIpc) is 3.17. The zero-order chi connectivity index (χ0) is 13.6. The molecule has 0 bridgehead atoms. The van der Waals surface area contributed by atoms with Crippen molar-refractivity contribution in [3.05, 3.63) is 46.7 Å². The highest BCUT2D eigenvalue weighted by Gasteiger charge is 2.15. The summed E-state index contributed by atoms with van der Waals surface area (Å²) in [6.07, 6.45) is 2.52.